The molecule has 1 aliphatic rings. The van der Waals surface area contributed by atoms with Crippen LogP contribution in [-0.4, -0.2) is 31.6 Å². The van der Waals surface area contributed by atoms with Crippen LogP contribution in [0.5, 0.6) is 11.5 Å². The van der Waals surface area contributed by atoms with Gasteiger partial charge in [-0.05, 0) is 30.5 Å². The van der Waals surface area contributed by atoms with Crippen molar-refractivity contribution in [3.05, 3.63) is 23.3 Å². The van der Waals surface area contributed by atoms with Crippen LogP contribution in [0, 0.1) is 0 Å². The largest absolute Gasteiger partial charge is 0.490 e. The number of benzene rings is 1. The molecule has 0 aromatic heterocycles. The number of carbonyl (C=O) groups excluding carboxylic acids is 2. The highest BCUT2D eigenvalue weighted by molar-refractivity contribution is 6.41. The molecule has 0 radical (unpaired) electrons. The van der Waals surface area contributed by atoms with Gasteiger partial charge in [-0.2, -0.15) is 0 Å². The normalized spacial score (nSPS) is 13.7. The minimum Gasteiger partial charge on any atom is -0.490 e. The zero-order chi connectivity index (χ0) is 15.4. The van der Waals surface area contributed by atoms with E-state index in [2.05, 4.69) is 0 Å². The van der Waals surface area contributed by atoms with Crippen LogP contribution in [0.15, 0.2) is 12.1 Å². The first-order valence-electron chi connectivity index (χ1n) is 7.19. The summed E-state index contributed by atoms with van der Waals surface area (Å²) in [6.07, 6.45) is 0.785. The Balaban J connectivity index is 2.45. The van der Waals surface area contributed by atoms with E-state index in [1.807, 2.05) is 13.8 Å². The molecule has 0 atom stereocenters. The summed E-state index contributed by atoms with van der Waals surface area (Å²) in [5.74, 6) is -0.276. The molecule has 1 aromatic rings. The van der Waals surface area contributed by atoms with Crippen molar-refractivity contribution in [3.8, 4) is 11.5 Å². The van der Waals surface area contributed by atoms with Gasteiger partial charge in [0, 0.05) is 12.0 Å². The molecule has 0 N–H and O–H groups in total. The highest BCUT2D eigenvalue weighted by Crippen LogP contribution is 2.35. The summed E-state index contributed by atoms with van der Waals surface area (Å²) >= 11 is 0. The summed E-state index contributed by atoms with van der Waals surface area (Å²) in [6, 6.07) is 3.38. The number of Topliss-reactive ketones (excluding diaryl/α,β-unsaturated/α-hetero) is 1. The molecule has 0 spiro atoms. The lowest BCUT2D eigenvalue weighted by atomic mass is 9.94. The first-order chi connectivity index (χ1) is 10.0. The SMILES string of the molecule is CCOC(=O)C(=O)c1cc2c(cc1C(C)C)OCCCO2. The minimum absolute atomic E-state index is 0.0792. The average molecular weight is 292 g/mol. The summed E-state index contributed by atoms with van der Waals surface area (Å²) in [6.45, 7) is 6.87. The van der Waals surface area contributed by atoms with Crippen molar-refractivity contribution in [2.24, 2.45) is 0 Å². The van der Waals surface area contributed by atoms with Crippen LogP contribution in [0.1, 0.15) is 49.0 Å². The second kappa shape index (κ2) is 6.61. The lowest BCUT2D eigenvalue weighted by Gasteiger charge is -2.16. The fraction of sp³-hybridized carbons (Fsp3) is 0.500. The lowest BCUT2D eigenvalue weighted by Crippen LogP contribution is -2.19. The molecule has 0 bridgehead atoms. The van der Waals surface area contributed by atoms with Gasteiger partial charge in [0.15, 0.2) is 11.5 Å². The molecule has 0 saturated heterocycles. The van der Waals surface area contributed by atoms with E-state index in [0.29, 0.717) is 30.3 Å². The molecule has 1 heterocycles. The molecule has 0 amide bonds. The van der Waals surface area contributed by atoms with E-state index < -0.39 is 11.8 Å². The van der Waals surface area contributed by atoms with E-state index in [1.165, 1.54) is 0 Å². The number of hydrogen-bond acceptors (Lipinski definition) is 5. The minimum atomic E-state index is -0.839. The van der Waals surface area contributed by atoms with Crippen LogP contribution >= 0.6 is 0 Å². The number of hydrogen-bond donors (Lipinski definition) is 0. The molecule has 1 aliphatic heterocycles. The van der Waals surface area contributed by atoms with Crippen molar-refractivity contribution >= 4 is 11.8 Å². The van der Waals surface area contributed by atoms with Crippen LogP contribution in [0.25, 0.3) is 0 Å². The molecule has 5 heteroatoms. The van der Waals surface area contributed by atoms with E-state index in [4.69, 9.17) is 14.2 Å². The van der Waals surface area contributed by atoms with Crippen LogP contribution in [-0.2, 0) is 9.53 Å². The number of esters is 1. The van der Waals surface area contributed by atoms with Gasteiger partial charge >= 0.3 is 5.97 Å². The molecule has 0 fully saturated rings. The van der Waals surface area contributed by atoms with Crippen LogP contribution in [0.4, 0.5) is 0 Å². The van der Waals surface area contributed by atoms with E-state index in [-0.39, 0.29) is 12.5 Å². The van der Waals surface area contributed by atoms with Crippen molar-refractivity contribution < 1.29 is 23.8 Å². The predicted octanol–water partition coefficient (Wildman–Crippen LogP) is 2.72. The highest BCUT2D eigenvalue weighted by Gasteiger charge is 2.25. The summed E-state index contributed by atoms with van der Waals surface area (Å²) in [7, 11) is 0. The zero-order valence-corrected chi connectivity index (χ0v) is 12.6. The number of rotatable bonds is 4. The fourth-order valence-electron chi connectivity index (χ4n) is 2.21. The van der Waals surface area contributed by atoms with Gasteiger partial charge in [-0.1, -0.05) is 13.8 Å². The van der Waals surface area contributed by atoms with Crippen LogP contribution in [0.3, 0.4) is 0 Å². The van der Waals surface area contributed by atoms with Gasteiger partial charge in [0.2, 0.25) is 0 Å². The van der Waals surface area contributed by atoms with Gasteiger partial charge < -0.3 is 14.2 Å². The van der Waals surface area contributed by atoms with E-state index in [0.717, 1.165) is 12.0 Å². The van der Waals surface area contributed by atoms with Crippen molar-refractivity contribution in [1.29, 1.82) is 0 Å². The smallest absolute Gasteiger partial charge is 0.379 e. The predicted molar refractivity (Wildman–Crippen MR) is 77.1 cm³/mol. The number of ether oxygens (including phenoxy) is 3. The second-order valence-corrected chi connectivity index (χ2v) is 5.14. The molecule has 114 valence electrons. The Kier molecular flexibility index (Phi) is 4.83. The van der Waals surface area contributed by atoms with Gasteiger partial charge in [-0.15, -0.1) is 0 Å². The molecule has 1 aromatic carbocycles. The van der Waals surface area contributed by atoms with Crippen molar-refractivity contribution in [3.63, 3.8) is 0 Å². The fourth-order valence-corrected chi connectivity index (χ4v) is 2.21. The first kappa shape index (κ1) is 15.4. The van der Waals surface area contributed by atoms with Gasteiger partial charge in [0.05, 0.1) is 19.8 Å². The Labute approximate surface area is 124 Å². The van der Waals surface area contributed by atoms with Crippen LogP contribution in [0.2, 0.25) is 0 Å². The molecule has 21 heavy (non-hydrogen) atoms. The molecule has 0 aliphatic carbocycles. The Bertz CT molecular complexity index is 548. The molecular formula is C16H20O5. The Morgan fingerprint density at radius 1 is 1.19 bits per heavy atom. The molecule has 0 unspecified atom stereocenters. The quantitative estimate of drug-likeness (QED) is 0.485. The van der Waals surface area contributed by atoms with Gasteiger partial charge in [-0.25, -0.2) is 4.79 Å². The third kappa shape index (κ3) is 3.35. The maximum absolute atomic E-state index is 12.3. The number of ketones is 1. The third-order valence-electron chi connectivity index (χ3n) is 3.25. The first-order valence-corrected chi connectivity index (χ1v) is 7.19. The van der Waals surface area contributed by atoms with Gasteiger partial charge in [0.25, 0.3) is 5.78 Å². The topological polar surface area (TPSA) is 61.8 Å². The van der Waals surface area contributed by atoms with E-state index >= 15 is 0 Å². The molecule has 2 rings (SSSR count). The number of fused-ring (bicyclic) bond motifs is 1. The van der Waals surface area contributed by atoms with Crippen molar-refractivity contribution in [1.82, 2.24) is 0 Å². The van der Waals surface area contributed by atoms with Crippen molar-refractivity contribution in [2.45, 2.75) is 33.1 Å². The molecular weight excluding hydrogens is 272 g/mol. The maximum atomic E-state index is 12.3. The summed E-state index contributed by atoms with van der Waals surface area (Å²) in [5, 5.41) is 0. The lowest BCUT2D eigenvalue weighted by molar-refractivity contribution is -0.137. The maximum Gasteiger partial charge on any atom is 0.379 e. The highest BCUT2D eigenvalue weighted by atomic mass is 16.5. The van der Waals surface area contributed by atoms with Crippen LogP contribution < -0.4 is 9.47 Å². The number of carbonyl (C=O) groups is 2. The Morgan fingerprint density at radius 3 is 2.38 bits per heavy atom. The summed E-state index contributed by atoms with van der Waals surface area (Å²) < 4.78 is 16.0. The van der Waals surface area contributed by atoms with Crippen molar-refractivity contribution in [2.75, 3.05) is 19.8 Å². The van der Waals surface area contributed by atoms with E-state index in [9.17, 15) is 9.59 Å². The molecule has 0 saturated carbocycles. The standard InChI is InChI=1S/C16H20O5/c1-4-19-16(18)15(17)12-9-14-13(8-11(12)10(2)3)20-6-5-7-21-14/h8-10H,4-7H2,1-3H3. The third-order valence-corrected chi connectivity index (χ3v) is 3.25. The van der Waals surface area contributed by atoms with Gasteiger partial charge in [0.1, 0.15) is 0 Å². The second-order valence-electron chi connectivity index (χ2n) is 5.14. The Hall–Kier alpha value is -2.04. The zero-order valence-electron chi connectivity index (χ0n) is 12.6. The summed E-state index contributed by atoms with van der Waals surface area (Å²) in [5.41, 5.74) is 1.09. The van der Waals surface area contributed by atoms with E-state index in [1.54, 1.807) is 19.1 Å². The monoisotopic (exact) mass is 292 g/mol. The van der Waals surface area contributed by atoms with Gasteiger partial charge in [-0.3, -0.25) is 4.79 Å². The molecule has 5 nitrogen and oxygen atoms in total. The summed E-state index contributed by atoms with van der Waals surface area (Å²) in [4.78, 5) is 24.0. The average Bonchev–Trinajstić information content (AvgIpc) is 2.69. The Morgan fingerprint density at radius 2 is 1.81 bits per heavy atom.